The van der Waals surface area contributed by atoms with Gasteiger partial charge in [0.2, 0.25) is 5.91 Å². The number of nitrogens with zero attached hydrogens (tertiary/aromatic N) is 1. The number of aromatic amines is 1. The van der Waals surface area contributed by atoms with Gasteiger partial charge in [0.15, 0.2) is 4.77 Å². The quantitative estimate of drug-likeness (QED) is 0.608. The Hall–Kier alpha value is -1.96. The normalized spacial score (nSPS) is 12.3. The molecular weight excluding hydrogens is 390 g/mol. The van der Waals surface area contributed by atoms with E-state index in [1.54, 1.807) is 19.1 Å². The van der Waals surface area contributed by atoms with Gasteiger partial charge in [-0.1, -0.05) is 24.6 Å². The van der Waals surface area contributed by atoms with Crippen LogP contribution in [0, 0.1) is 11.7 Å². The molecule has 3 aromatic rings. The summed E-state index contributed by atoms with van der Waals surface area (Å²) in [4.78, 5) is 30.4. The molecule has 0 aliphatic rings. The van der Waals surface area contributed by atoms with Crippen LogP contribution >= 0.6 is 35.2 Å². The SMILES string of the molecule is CCc1cc2c(=O)n(C(C)C(=O)Nc3ccc(C)c(Cl)c3)c(=S)[nH]c2s1. The number of aryl methyl sites for hydroxylation is 2. The molecule has 0 bridgehead atoms. The third-order valence-corrected chi connectivity index (χ3v) is 6.13. The zero-order valence-corrected chi connectivity index (χ0v) is 16.9. The van der Waals surface area contributed by atoms with Gasteiger partial charge in [0.05, 0.1) is 5.39 Å². The van der Waals surface area contributed by atoms with Crippen LogP contribution in [0.15, 0.2) is 29.1 Å². The average molecular weight is 408 g/mol. The van der Waals surface area contributed by atoms with Gasteiger partial charge < -0.3 is 10.3 Å². The molecule has 0 spiro atoms. The first-order valence-corrected chi connectivity index (χ1v) is 9.76. The molecule has 5 nitrogen and oxygen atoms in total. The molecule has 0 aliphatic carbocycles. The summed E-state index contributed by atoms with van der Waals surface area (Å²) in [6.45, 7) is 5.56. The molecule has 3 rings (SSSR count). The number of fused-ring (bicyclic) bond motifs is 1. The second-order valence-electron chi connectivity index (χ2n) is 6.04. The second kappa shape index (κ2) is 7.34. The summed E-state index contributed by atoms with van der Waals surface area (Å²) < 4.78 is 1.55. The molecule has 1 unspecified atom stereocenters. The molecule has 0 saturated heterocycles. The summed E-state index contributed by atoms with van der Waals surface area (Å²) in [6.07, 6.45) is 0.837. The summed E-state index contributed by atoms with van der Waals surface area (Å²) in [6, 6.07) is 6.37. The highest BCUT2D eigenvalue weighted by Crippen LogP contribution is 2.23. The van der Waals surface area contributed by atoms with Gasteiger partial charge in [0, 0.05) is 15.6 Å². The van der Waals surface area contributed by atoms with E-state index in [1.165, 1.54) is 15.9 Å². The van der Waals surface area contributed by atoms with Crippen LogP contribution < -0.4 is 10.9 Å². The van der Waals surface area contributed by atoms with Crippen LogP contribution in [0.5, 0.6) is 0 Å². The van der Waals surface area contributed by atoms with Crippen LogP contribution in [-0.4, -0.2) is 15.5 Å². The lowest BCUT2D eigenvalue weighted by molar-refractivity contribution is -0.118. The van der Waals surface area contributed by atoms with E-state index in [-0.39, 0.29) is 16.2 Å². The van der Waals surface area contributed by atoms with Crippen molar-refractivity contribution in [1.29, 1.82) is 0 Å². The minimum atomic E-state index is -0.763. The molecule has 2 heterocycles. The number of anilines is 1. The molecule has 0 radical (unpaired) electrons. The van der Waals surface area contributed by atoms with Crippen LogP contribution in [0.25, 0.3) is 10.2 Å². The van der Waals surface area contributed by atoms with Crippen molar-refractivity contribution >= 4 is 57.0 Å². The topological polar surface area (TPSA) is 66.9 Å². The van der Waals surface area contributed by atoms with E-state index in [4.69, 9.17) is 23.8 Å². The largest absolute Gasteiger partial charge is 0.324 e. The summed E-state index contributed by atoms with van der Waals surface area (Å²) in [5.74, 6) is -0.336. The Morgan fingerprint density at radius 2 is 2.15 bits per heavy atom. The lowest BCUT2D eigenvalue weighted by Crippen LogP contribution is -2.32. The van der Waals surface area contributed by atoms with E-state index in [1.807, 2.05) is 26.0 Å². The van der Waals surface area contributed by atoms with E-state index in [0.29, 0.717) is 16.1 Å². The van der Waals surface area contributed by atoms with E-state index in [0.717, 1.165) is 21.7 Å². The summed E-state index contributed by atoms with van der Waals surface area (Å²) in [5, 5.41) is 3.91. The Morgan fingerprint density at radius 3 is 2.81 bits per heavy atom. The Bertz CT molecular complexity index is 1110. The maximum absolute atomic E-state index is 12.9. The van der Waals surface area contributed by atoms with Gasteiger partial charge in [-0.05, 0) is 56.2 Å². The third-order valence-electron chi connectivity index (χ3n) is 4.23. The molecule has 26 heavy (non-hydrogen) atoms. The maximum atomic E-state index is 12.9. The number of halogens is 1. The molecular formula is C18H18ClN3O2S2. The standard InChI is InChI=1S/C18H18ClN3O2S2/c1-4-12-8-13-16(26-12)21-18(25)22(17(13)24)10(3)15(23)20-11-6-5-9(2)14(19)7-11/h5-8,10H,4H2,1-3H3,(H,20,23)(H,21,25). The fraction of sp³-hybridized carbons (Fsp3) is 0.278. The van der Waals surface area contributed by atoms with Crippen LogP contribution in [0.3, 0.4) is 0 Å². The number of carbonyl (C=O) groups is 1. The van der Waals surface area contributed by atoms with Gasteiger partial charge in [0.1, 0.15) is 10.9 Å². The fourth-order valence-corrected chi connectivity index (χ4v) is 4.21. The number of hydrogen-bond donors (Lipinski definition) is 2. The van der Waals surface area contributed by atoms with Gasteiger partial charge in [-0.15, -0.1) is 11.3 Å². The number of hydrogen-bond acceptors (Lipinski definition) is 4. The number of thiophene rings is 1. The molecule has 1 aromatic carbocycles. The summed E-state index contributed by atoms with van der Waals surface area (Å²) in [7, 11) is 0. The Kier molecular flexibility index (Phi) is 5.32. The van der Waals surface area contributed by atoms with E-state index in [9.17, 15) is 9.59 Å². The average Bonchev–Trinajstić information content (AvgIpc) is 3.01. The van der Waals surface area contributed by atoms with Gasteiger partial charge >= 0.3 is 0 Å². The minimum Gasteiger partial charge on any atom is -0.324 e. The highest BCUT2D eigenvalue weighted by molar-refractivity contribution is 7.71. The first-order valence-electron chi connectivity index (χ1n) is 8.16. The number of carbonyl (C=O) groups excluding carboxylic acids is 1. The number of nitrogens with one attached hydrogen (secondary N) is 2. The lowest BCUT2D eigenvalue weighted by Gasteiger charge is -2.15. The van der Waals surface area contributed by atoms with Crippen molar-refractivity contribution in [3.63, 3.8) is 0 Å². The summed E-state index contributed by atoms with van der Waals surface area (Å²) >= 11 is 12.9. The molecule has 1 amide bonds. The smallest absolute Gasteiger partial charge is 0.263 e. The van der Waals surface area contributed by atoms with Gasteiger partial charge in [0.25, 0.3) is 5.56 Å². The highest BCUT2D eigenvalue weighted by atomic mass is 35.5. The first kappa shape index (κ1) is 18.8. The molecule has 0 aliphatic heterocycles. The van der Waals surface area contributed by atoms with E-state index < -0.39 is 6.04 Å². The van der Waals surface area contributed by atoms with E-state index in [2.05, 4.69) is 10.3 Å². The zero-order chi connectivity index (χ0) is 19.0. The van der Waals surface area contributed by atoms with Crippen LogP contribution in [0.2, 0.25) is 5.02 Å². The molecule has 1 atom stereocenters. The molecule has 2 N–H and O–H groups in total. The summed E-state index contributed by atoms with van der Waals surface area (Å²) in [5.41, 5.74) is 1.24. The van der Waals surface area contributed by atoms with Gasteiger partial charge in [-0.25, -0.2) is 0 Å². The van der Waals surface area contributed by atoms with Crippen molar-refractivity contribution in [3.05, 3.63) is 54.9 Å². The van der Waals surface area contributed by atoms with Crippen molar-refractivity contribution in [2.75, 3.05) is 5.32 Å². The van der Waals surface area contributed by atoms with E-state index >= 15 is 0 Å². The Labute approximate surface area is 164 Å². The lowest BCUT2D eigenvalue weighted by atomic mass is 10.2. The number of benzene rings is 1. The van der Waals surface area contributed by atoms with Crippen LogP contribution in [0.1, 0.15) is 30.3 Å². The number of rotatable bonds is 4. The van der Waals surface area contributed by atoms with Crippen LogP contribution in [-0.2, 0) is 11.2 Å². The van der Waals surface area contributed by atoms with Gasteiger partial charge in [-0.3, -0.25) is 14.2 Å². The zero-order valence-electron chi connectivity index (χ0n) is 14.6. The first-order chi connectivity index (χ1) is 12.3. The van der Waals surface area contributed by atoms with Crippen molar-refractivity contribution in [3.8, 4) is 0 Å². The number of amides is 1. The Morgan fingerprint density at radius 1 is 1.42 bits per heavy atom. The van der Waals surface area contributed by atoms with Crippen molar-refractivity contribution < 1.29 is 4.79 Å². The molecule has 0 fully saturated rings. The van der Waals surface area contributed by atoms with Crippen molar-refractivity contribution in [2.45, 2.75) is 33.2 Å². The number of H-pyrrole nitrogens is 1. The molecule has 2 aromatic heterocycles. The highest BCUT2D eigenvalue weighted by Gasteiger charge is 2.20. The second-order valence-corrected chi connectivity index (χ2v) is 7.97. The molecule has 0 saturated carbocycles. The molecule has 8 heteroatoms. The predicted molar refractivity (Wildman–Crippen MR) is 110 cm³/mol. The predicted octanol–water partition coefficient (Wildman–Crippen LogP) is 4.84. The number of aromatic nitrogens is 2. The monoisotopic (exact) mass is 407 g/mol. The van der Waals surface area contributed by atoms with Crippen molar-refractivity contribution in [1.82, 2.24) is 9.55 Å². The van der Waals surface area contributed by atoms with Crippen molar-refractivity contribution in [2.24, 2.45) is 0 Å². The molecule has 136 valence electrons. The van der Waals surface area contributed by atoms with Crippen LogP contribution in [0.4, 0.5) is 5.69 Å². The maximum Gasteiger partial charge on any atom is 0.263 e. The fourth-order valence-electron chi connectivity index (χ4n) is 2.63. The Balaban J connectivity index is 1.97. The minimum absolute atomic E-state index is 0.233. The van der Waals surface area contributed by atoms with Gasteiger partial charge in [-0.2, -0.15) is 0 Å². The third kappa shape index (κ3) is 3.47.